The molecule has 0 saturated carbocycles. The number of carbonyl (C=O) groups is 1. The molecule has 0 amide bonds. The molecule has 1 saturated heterocycles. The summed E-state index contributed by atoms with van der Waals surface area (Å²) in [5, 5.41) is 3.53. The van der Waals surface area contributed by atoms with Crippen LogP contribution < -0.4 is 5.32 Å². The Morgan fingerprint density at radius 2 is 2.20 bits per heavy atom. The molecular formula is C17H21NO2. The lowest BCUT2D eigenvalue weighted by atomic mass is 9.81. The standard InChI is InChI=1S/C17H21NO2/c1-3-20-16(19)15-14-9-10-17(11-14,18-15)12(2)13-7-5-4-6-8-13/h4-10,12,14-15,18H,3,11H2,1-2H3. The quantitative estimate of drug-likeness (QED) is 0.676. The number of hydrogen-bond donors (Lipinski definition) is 1. The summed E-state index contributed by atoms with van der Waals surface area (Å²) < 4.78 is 5.17. The maximum absolute atomic E-state index is 12.0. The fourth-order valence-electron chi connectivity index (χ4n) is 3.50. The van der Waals surface area contributed by atoms with E-state index in [4.69, 9.17) is 4.74 Å². The second kappa shape index (κ2) is 5.06. The molecule has 2 aliphatic rings. The zero-order valence-corrected chi connectivity index (χ0v) is 12.0. The Morgan fingerprint density at radius 3 is 2.90 bits per heavy atom. The highest BCUT2D eigenvalue weighted by molar-refractivity contribution is 5.78. The average Bonchev–Trinajstić information content (AvgIpc) is 3.07. The third-order valence-corrected chi connectivity index (χ3v) is 4.68. The van der Waals surface area contributed by atoms with Gasteiger partial charge in [-0.3, -0.25) is 10.1 Å². The third kappa shape index (κ3) is 2.06. The van der Waals surface area contributed by atoms with Gasteiger partial charge in [-0.15, -0.1) is 0 Å². The van der Waals surface area contributed by atoms with Gasteiger partial charge in [-0.2, -0.15) is 0 Å². The lowest BCUT2D eigenvalue weighted by molar-refractivity contribution is -0.146. The minimum absolute atomic E-state index is 0.108. The normalized spacial score (nSPS) is 32.3. The van der Waals surface area contributed by atoms with Crippen LogP contribution in [0.25, 0.3) is 0 Å². The predicted molar refractivity (Wildman–Crippen MR) is 78.4 cm³/mol. The second-order valence-corrected chi connectivity index (χ2v) is 5.77. The molecule has 0 radical (unpaired) electrons. The van der Waals surface area contributed by atoms with Gasteiger partial charge < -0.3 is 4.74 Å². The van der Waals surface area contributed by atoms with E-state index in [9.17, 15) is 4.79 Å². The molecule has 1 aromatic carbocycles. The van der Waals surface area contributed by atoms with Crippen LogP contribution in [0.3, 0.4) is 0 Å². The van der Waals surface area contributed by atoms with Crippen molar-refractivity contribution >= 4 is 5.97 Å². The van der Waals surface area contributed by atoms with Crippen LogP contribution in [0.15, 0.2) is 42.5 Å². The van der Waals surface area contributed by atoms with Crippen molar-refractivity contribution in [1.29, 1.82) is 0 Å². The van der Waals surface area contributed by atoms with Crippen LogP contribution in [0.2, 0.25) is 0 Å². The summed E-state index contributed by atoms with van der Waals surface area (Å²) >= 11 is 0. The number of esters is 1. The molecule has 0 spiro atoms. The Hall–Kier alpha value is -1.61. The molecule has 106 valence electrons. The van der Waals surface area contributed by atoms with Gasteiger partial charge in [0.25, 0.3) is 0 Å². The molecule has 1 aliphatic heterocycles. The number of ether oxygens (including phenoxy) is 1. The molecule has 1 aromatic rings. The Balaban J connectivity index is 1.81. The molecule has 0 aromatic heterocycles. The predicted octanol–water partition coefficient (Wildman–Crippen LogP) is 2.64. The highest BCUT2D eigenvalue weighted by Gasteiger charge is 2.52. The lowest BCUT2D eigenvalue weighted by Crippen LogP contribution is -2.50. The van der Waals surface area contributed by atoms with Crippen LogP contribution in [0, 0.1) is 5.92 Å². The van der Waals surface area contributed by atoms with E-state index in [1.54, 1.807) is 0 Å². The van der Waals surface area contributed by atoms with E-state index in [0.717, 1.165) is 6.42 Å². The van der Waals surface area contributed by atoms with E-state index < -0.39 is 0 Å². The van der Waals surface area contributed by atoms with Crippen LogP contribution in [0.4, 0.5) is 0 Å². The number of fused-ring (bicyclic) bond motifs is 2. The topological polar surface area (TPSA) is 38.3 Å². The molecule has 3 heteroatoms. The first-order chi connectivity index (χ1) is 9.66. The zero-order chi connectivity index (χ0) is 14.2. The summed E-state index contributed by atoms with van der Waals surface area (Å²) in [6.07, 6.45) is 5.40. The molecule has 4 atom stereocenters. The van der Waals surface area contributed by atoms with Crippen molar-refractivity contribution < 1.29 is 9.53 Å². The van der Waals surface area contributed by atoms with Gasteiger partial charge in [0.1, 0.15) is 6.04 Å². The molecule has 3 nitrogen and oxygen atoms in total. The molecule has 1 N–H and O–H groups in total. The Bertz CT molecular complexity index is 525. The molecule has 1 heterocycles. The Morgan fingerprint density at radius 1 is 1.45 bits per heavy atom. The summed E-state index contributed by atoms with van der Waals surface area (Å²) in [5.41, 5.74) is 1.19. The van der Waals surface area contributed by atoms with Crippen LogP contribution in [-0.2, 0) is 9.53 Å². The lowest BCUT2D eigenvalue weighted by Gasteiger charge is -2.34. The van der Waals surface area contributed by atoms with Crippen molar-refractivity contribution in [3.8, 4) is 0 Å². The largest absolute Gasteiger partial charge is 0.465 e. The van der Waals surface area contributed by atoms with Gasteiger partial charge in [-0.1, -0.05) is 49.4 Å². The Kier molecular flexibility index (Phi) is 3.38. The van der Waals surface area contributed by atoms with Crippen molar-refractivity contribution in [3.63, 3.8) is 0 Å². The van der Waals surface area contributed by atoms with Gasteiger partial charge in [-0.05, 0) is 18.9 Å². The second-order valence-electron chi connectivity index (χ2n) is 5.77. The number of nitrogens with one attached hydrogen (secondary N) is 1. The third-order valence-electron chi connectivity index (χ3n) is 4.68. The molecule has 20 heavy (non-hydrogen) atoms. The minimum Gasteiger partial charge on any atom is -0.465 e. The number of benzene rings is 1. The van der Waals surface area contributed by atoms with Crippen molar-refractivity contribution in [2.75, 3.05) is 6.61 Å². The van der Waals surface area contributed by atoms with Crippen LogP contribution in [0.1, 0.15) is 31.7 Å². The maximum atomic E-state index is 12.0. The fraction of sp³-hybridized carbons (Fsp3) is 0.471. The van der Waals surface area contributed by atoms with Crippen molar-refractivity contribution in [1.82, 2.24) is 5.32 Å². The molecule has 1 aliphatic carbocycles. The first kappa shape index (κ1) is 13.4. The van der Waals surface area contributed by atoms with Gasteiger partial charge in [0, 0.05) is 17.4 Å². The SMILES string of the molecule is CCOC(=O)C1NC2(C(C)c3ccccc3)C=CC1C2. The number of carbonyl (C=O) groups excluding carboxylic acids is 1. The van der Waals surface area contributed by atoms with Gasteiger partial charge in [-0.25, -0.2) is 0 Å². The van der Waals surface area contributed by atoms with E-state index in [-0.39, 0.29) is 23.5 Å². The van der Waals surface area contributed by atoms with Crippen molar-refractivity contribution in [3.05, 3.63) is 48.0 Å². The highest BCUT2D eigenvalue weighted by atomic mass is 16.5. The summed E-state index contributed by atoms with van der Waals surface area (Å²) in [6, 6.07) is 10.3. The monoisotopic (exact) mass is 271 g/mol. The zero-order valence-electron chi connectivity index (χ0n) is 12.0. The summed E-state index contributed by atoms with van der Waals surface area (Å²) in [5.74, 6) is 0.480. The van der Waals surface area contributed by atoms with Gasteiger partial charge in [0.05, 0.1) is 6.61 Å². The number of hydrogen-bond acceptors (Lipinski definition) is 3. The van der Waals surface area contributed by atoms with E-state index in [2.05, 4.69) is 48.7 Å². The summed E-state index contributed by atoms with van der Waals surface area (Å²) in [4.78, 5) is 12.0. The van der Waals surface area contributed by atoms with Crippen LogP contribution in [-0.4, -0.2) is 24.2 Å². The van der Waals surface area contributed by atoms with Gasteiger partial charge in [0.2, 0.25) is 0 Å². The van der Waals surface area contributed by atoms with Gasteiger partial charge >= 0.3 is 5.97 Å². The van der Waals surface area contributed by atoms with E-state index in [1.807, 2.05) is 13.0 Å². The van der Waals surface area contributed by atoms with Crippen LogP contribution in [0.5, 0.6) is 0 Å². The van der Waals surface area contributed by atoms with E-state index in [0.29, 0.717) is 12.5 Å². The Labute approximate surface area is 120 Å². The molecule has 2 bridgehead atoms. The van der Waals surface area contributed by atoms with E-state index in [1.165, 1.54) is 5.56 Å². The van der Waals surface area contributed by atoms with Crippen molar-refractivity contribution in [2.24, 2.45) is 5.92 Å². The molecule has 1 fully saturated rings. The summed E-state index contributed by atoms with van der Waals surface area (Å²) in [7, 11) is 0. The average molecular weight is 271 g/mol. The van der Waals surface area contributed by atoms with Gasteiger partial charge in [0.15, 0.2) is 0 Å². The smallest absolute Gasteiger partial charge is 0.323 e. The van der Waals surface area contributed by atoms with Crippen molar-refractivity contribution in [2.45, 2.75) is 37.8 Å². The van der Waals surface area contributed by atoms with Crippen LogP contribution >= 0.6 is 0 Å². The fourth-order valence-corrected chi connectivity index (χ4v) is 3.50. The summed E-state index contributed by atoms with van der Waals surface area (Å²) in [6.45, 7) is 4.51. The number of rotatable bonds is 4. The van der Waals surface area contributed by atoms with E-state index >= 15 is 0 Å². The minimum atomic E-state index is -0.189. The maximum Gasteiger partial charge on any atom is 0.323 e. The first-order valence-electron chi connectivity index (χ1n) is 7.35. The molecule has 3 rings (SSSR count). The highest BCUT2D eigenvalue weighted by Crippen LogP contribution is 2.46. The molecule has 4 unspecified atom stereocenters. The molecular weight excluding hydrogens is 250 g/mol. The first-order valence-corrected chi connectivity index (χ1v) is 7.35.